The summed E-state index contributed by atoms with van der Waals surface area (Å²) < 4.78 is 51.4. The number of likely N-dealkylation sites (tertiary alicyclic amines) is 1. The molecule has 0 spiro atoms. The second-order valence-corrected chi connectivity index (χ2v) is 8.16. The van der Waals surface area contributed by atoms with Gasteiger partial charge in [-0.25, -0.2) is 15.0 Å². The molecule has 164 valence electrons. The van der Waals surface area contributed by atoms with E-state index in [0.29, 0.717) is 24.4 Å². The summed E-state index contributed by atoms with van der Waals surface area (Å²) in [5.41, 5.74) is 0.924. The molecule has 0 bridgehead atoms. The number of halogens is 3. The standard InChI is InChI=1S/C21H22F3N5O2/c1-28-16-4-3-5-25-19(16)27-18(28)10-29-8-13-14(9-29)15(13)11-31-20-17(30-2)6-12(7-26-20)21(22,23)24/h3-7,13-15H,8-11H2,1-2H3/t13-,14+,15?/i2-1. The molecule has 0 aromatic carbocycles. The Morgan fingerprint density at radius 2 is 1.97 bits per heavy atom. The molecule has 1 saturated carbocycles. The zero-order chi connectivity index (χ0) is 21.8. The average Bonchev–Trinajstić information content (AvgIpc) is 3.05. The van der Waals surface area contributed by atoms with Crippen molar-refractivity contribution in [3.8, 4) is 11.6 Å². The van der Waals surface area contributed by atoms with Crippen molar-refractivity contribution in [2.45, 2.75) is 12.7 Å². The molecule has 4 heterocycles. The van der Waals surface area contributed by atoms with E-state index in [2.05, 4.69) is 24.4 Å². The van der Waals surface area contributed by atoms with Crippen LogP contribution in [0.1, 0.15) is 11.4 Å². The van der Waals surface area contributed by atoms with E-state index in [-0.39, 0.29) is 11.6 Å². The highest BCUT2D eigenvalue weighted by Gasteiger charge is 2.55. The number of hydrogen-bond acceptors (Lipinski definition) is 6. The lowest BCUT2D eigenvalue weighted by molar-refractivity contribution is -0.138. The zero-order valence-electron chi connectivity index (χ0n) is 17.1. The molecule has 0 N–H and O–H groups in total. The van der Waals surface area contributed by atoms with E-state index in [1.54, 1.807) is 6.20 Å². The maximum Gasteiger partial charge on any atom is 0.418 e. The van der Waals surface area contributed by atoms with Gasteiger partial charge in [0.05, 0.1) is 31.3 Å². The van der Waals surface area contributed by atoms with Crippen molar-refractivity contribution in [2.75, 3.05) is 26.8 Å². The van der Waals surface area contributed by atoms with Crippen LogP contribution in [0.3, 0.4) is 0 Å². The van der Waals surface area contributed by atoms with Crippen molar-refractivity contribution in [2.24, 2.45) is 24.8 Å². The summed E-state index contributed by atoms with van der Waals surface area (Å²) in [6.07, 6.45) is -1.95. The number of imidazole rings is 1. The van der Waals surface area contributed by atoms with Crippen LogP contribution in [-0.4, -0.2) is 51.2 Å². The van der Waals surface area contributed by atoms with Crippen LogP contribution in [-0.2, 0) is 19.8 Å². The maximum atomic E-state index is 12.8. The molecule has 1 unspecified atom stereocenters. The number of aryl methyl sites for hydroxylation is 1. The van der Waals surface area contributed by atoms with Gasteiger partial charge in [-0.15, -0.1) is 0 Å². The van der Waals surface area contributed by atoms with Crippen molar-refractivity contribution >= 4 is 11.2 Å². The van der Waals surface area contributed by atoms with E-state index >= 15 is 0 Å². The van der Waals surface area contributed by atoms with Gasteiger partial charge < -0.3 is 14.0 Å². The van der Waals surface area contributed by atoms with Crippen LogP contribution in [0.15, 0.2) is 30.6 Å². The fraction of sp³-hybridized carbons (Fsp3) is 0.476. The van der Waals surface area contributed by atoms with E-state index in [1.807, 2.05) is 19.2 Å². The number of hydrogen-bond donors (Lipinski definition) is 0. The molecule has 0 amide bonds. The SMILES string of the molecule is Cn1c(CN2C[C@@H]3C(COc4ncc(C(F)(F)F)cc4O[11CH3])[C@@H]3C2)nc2ncccc21. The third-order valence-electron chi connectivity index (χ3n) is 6.34. The number of alkyl halides is 3. The zero-order valence-corrected chi connectivity index (χ0v) is 17.1. The largest absolute Gasteiger partial charge is 0.491 e. The summed E-state index contributed by atoms with van der Waals surface area (Å²) in [5.74, 6) is 2.51. The molecular weight excluding hydrogens is 410 g/mol. The van der Waals surface area contributed by atoms with Crippen LogP contribution in [0.2, 0.25) is 0 Å². The Balaban J connectivity index is 1.16. The highest BCUT2D eigenvalue weighted by atomic mass is 19.4. The fourth-order valence-electron chi connectivity index (χ4n) is 4.54. The van der Waals surface area contributed by atoms with E-state index in [4.69, 9.17) is 9.47 Å². The molecule has 2 fully saturated rings. The summed E-state index contributed by atoms with van der Waals surface area (Å²) in [5, 5.41) is 0. The Bertz CT molecular complexity index is 1100. The molecule has 0 radical (unpaired) electrons. The van der Waals surface area contributed by atoms with E-state index in [9.17, 15) is 13.2 Å². The smallest absolute Gasteiger partial charge is 0.418 e. The Morgan fingerprint density at radius 1 is 1.19 bits per heavy atom. The summed E-state index contributed by atoms with van der Waals surface area (Å²) in [4.78, 5) is 15.1. The van der Waals surface area contributed by atoms with Crippen molar-refractivity contribution in [1.82, 2.24) is 24.4 Å². The summed E-state index contributed by atoms with van der Waals surface area (Å²) in [6.45, 7) is 3.09. The van der Waals surface area contributed by atoms with Gasteiger partial charge in [0.1, 0.15) is 5.82 Å². The molecule has 7 nitrogen and oxygen atoms in total. The second-order valence-electron chi connectivity index (χ2n) is 8.16. The third kappa shape index (κ3) is 3.69. The van der Waals surface area contributed by atoms with Crippen LogP contribution in [0.25, 0.3) is 11.2 Å². The first-order chi connectivity index (χ1) is 14.8. The van der Waals surface area contributed by atoms with Gasteiger partial charge in [0.15, 0.2) is 11.4 Å². The van der Waals surface area contributed by atoms with E-state index in [0.717, 1.165) is 48.9 Å². The number of fused-ring (bicyclic) bond motifs is 2. The molecule has 31 heavy (non-hydrogen) atoms. The molecule has 3 aromatic heterocycles. The van der Waals surface area contributed by atoms with Crippen LogP contribution < -0.4 is 9.47 Å². The molecular formula is C21H22F3N5O2. The van der Waals surface area contributed by atoms with Gasteiger partial charge in [0.25, 0.3) is 5.88 Å². The minimum Gasteiger partial charge on any atom is -0.491 e. The number of nitrogens with zero attached hydrogens (tertiary/aromatic N) is 5. The number of ether oxygens (including phenoxy) is 2. The van der Waals surface area contributed by atoms with Crippen molar-refractivity contribution < 1.29 is 22.6 Å². The topological polar surface area (TPSA) is 65.3 Å². The number of rotatable bonds is 6. The van der Waals surface area contributed by atoms with Gasteiger partial charge in [0.2, 0.25) is 0 Å². The van der Waals surface area contributed by atoms with E-state index < -0.39 is 11.7 Å². The van der Waals surface area contributed by atoms with Gasteiger partial charge in [-0.2, -0.15) is 13.2 Å². The predicted molar refractivity (Wildman–Crippen MR) is 106 cm³/mol. The first kappa shape index (κ1) is 20.0. The van der Waals surface area contributed by atoms with Crippen LogP contribution >= 0.6 is 0 Å². The van der Waals surface area contributed by atoms with Crippen LogP contribution in [0.4, 0.5) is 13.2 Å². The van der Waals surface area contributed by atoms with Crippen molar-refractivity contribution in [3.05, 3.63) is 42.0 Å². The lowest BCUT2D eigenvalue weighted by Crippen LogP contribution is -2.26. The molecule has 3 aromatic rings. The van der Waals surface area contributed by atoms with Gasteiger partial charge in [-0.3, -0.25) is 4.90 Å². The number of methoxy groups -OCH3 is 1. The second kappa shape index (κ2) is 7.37. The van der Waals surface area contributed by atoms with Gasteiger partial charge in [0, 0.05) is 38.4 Å². The van der Waals surface area contributed by atoms with E-state index in [1.165, 1.54) is 7.11 Å². The normalized spacial score (nSPS) is 23.2. The Kier molecular flexibility index (Phi) is 4.76. The fourth-order valence-corrected chi connectivity index (χ4v) is 4.54. The summed E-state index contributed by atoms with van der Waals surface area (Å²) in [6, 6.07) is 4.84. The first-order valence-electron chi connectivity index (χ1n) is 10.1. The molecule has 5 rings (SSSR count). The van der Waals surface area contributed by atoms with Crippen LogP contribution in [0.5, 0.6) is 11.6 Å². The predicted octanol–water partition coefficient (Wildman–Crippen LogP) is 3.15. The maximum absolute atomic E-state index is 12.8. The number of aromatic nitrogens is 4. The Labute approximate surface area is 176 Å². The molecule has 10 heteroatoms. The molecule has 1 aliphatic heterocycles. The first-order valence-corrected chi connectivity index (χ1v) is 10.1. The highest BCUT2D eigenvalue weighted by molar-refractivity contribution is 5.71. The Morgan fingerprint density at radius 3 is 2.65 bits per heavy atom. The van der Waals surface area contributed by atoms with Crippen molar-refractivity contribution in [1.29, 1.82) is 0 Å². The Hall–Kier alpha value is -2.88. The lowest BCUT2D eigenvalue weighted by Gasteiger charge is -2.19. The number of piperidine rings is 1. The van der Waals surface area contributed by atoms with Crippen molar-refractivity contribution in [3.63, 3.8) is 0 Å². The molecule has 1 aliphatic carbocycles. The molecule has 2 aliphatic rings. The van der Waals surface area contributed by atoms with Gasteiger partial charge in [-0.05, 0) is 30.0 Å². The monoisotopic (exact) mass is 432 g/mol. The minimum atomic E-state index is -4.47. The van der Waals surface area contributed by atoms with Gasteiger partial charge >= 0.3 is 6.18 Å². The molecule has 1 saturated heterocycles. The minimum absolute atomic E-state index is 0.00211. The number of pyridine rings is 2. The molecule has 3 atom stereocenters. The van der Waals surface area contributed by atoms with Gasteiger partial charge in [-0.1, -0.05) is 0 Å². The average molecular weight is 432 g/mol. The quantitative estimate of drug-likeness (QED) is 0.596. The van der Waals surface area contributed by atoms with Crippen LogP contribution in [0, 0.1) is 17.8 Å². The lowest BCUT2D eigenvalue weighted by atomic mass is 10.2. The summed E-state index contributed by atoms with van der Waals surface area (Å²) in [7, 11) is 3.31. The highest BCUT2D eigenvalue weighted by Crippen LogP contribution is 2.52. The third-order valence-corrected chi connectivity index (χ3v) is 6.34. The summed E-state index contributed by atoms with van der Waals surface area (Å²) >= 11 is 0.